The van der Waals surface area contributed by atoms with Crippen LogP contribution in [0.3, 0.4) is 0 Å². The quantitative estimate of drug-likeness (QED) is 0.199. The van der Waals surface area contributed by atoms with Crippen molar-refractivity contribution in [2.24, 2.45) is 0 Å². The largest absolute Gasteiger partial charge is 0.370 e. The highest BCUT2D eigenvalue weighted by Crippen LogP contribution is 2.18. The molecule has 1 amide bonds. The van der Waals surface area contributed by atoms with E-state index in [-0.39, 0.29) is 5.91 Å². The number of carbonyl (C=O) groups excluding carboxylic acids is 1. The van der Waals surface area contributed by atoms with Crippen LogP contribution in [-0.2, 0) is 17.9 Å². The SMILES string of the molecule is O=C1CCCN1CCCNc1cc(Cl)nc(NCc2ccc(CNCCCNC3CCCCC3)cc2)n1. The Kier molecular flexibility index (Phi) is 11.3. The molecular weight excluding hydrogens is 486 g/mol. The lowest BCUT2D eigenvalue weighted by atomic mass is 9.95. The second kappa shape index (κ2) is 15.1. The molecule has 0 radical (unpaired) electrons. The Morgan fingerprint density at radius 1 is 0.892 bits per heavy atom. The molecule has 1 aliphatic heterocycles. The van der Waals surface area contributed by atoms with E-state index in [0.717, 1.165) is 70.1 Å². The monoisotopic (exact) mass is 527 g/mol. The van der Waals surface area contributed by atoms with E-state index in [1.54, 1.807) is 6.07 Å². The smallest absolute Gasteiger partial charge is 0.226 e. The average molecular weight is 528 g/mol. The molecule has 0 atom stereocenters. The fraction of sp³-hybridized carbons (Fsp3) is 0.607. The predicted octanol–water partition coefficient (Wildman–Crippen LogP) is 4.57. The number of anilines is 2. The van der Waals surface area contributed by atoms with Gasteiger partial charge >= 0.3 is 0 Å². The zero-order chi connectivity index (χ0) is 25.7. The van der Waals surface area contributed by atoms with Crippen LogP contribution in [-0.4, -0.2) is 59.5 Å². The zero-order valence-corrected chi connectivity index (χ0v) is 22.7. The minimum atomic E-state index is 0.262. The number of likely N-dealkylation sites (tertiary alicyclic amines) is 1. The number of benzene rings is 1. The molecule has 8 nitrogen and oxygen atoms in total. The van der Waals surface area contributed by atoms with Crippen molar-refractivity contribution >= 4 is 29.3 Å². The number of nitrogens with one attached hydrogen (secondary N) is 4. The molecule has 4 N–H and O–H groups in total. The lowest BCUT2D eigenvalue weighted by molar-refractivity contribution is -0.127. The highest BCUT2D eigenvalue weighted by atomic mass is 35.5. The number of halogens is 1. The summed E-state index contributed by atoms with van der Waals surface area (Å²) in [5.41, 5.74) is 2.44. The number of aromatic nitrogens is 2. The van der Waals surface area contributed by atoms with Crippen molar-refractivity contribution in [2.45, 2.75) is 76.9 Å². The first-order chi connectivity index (χ1) is 18.2. The van der Waals surface area contributed by atoms with E-state index in [1.807, 2.05) is 4.90 Å². The predicted molar refractivity (Wildman–Crippen MR) is 151 cm³/mol. The number of nitrogens with zero attached hydrogens (tertiary/aromatic N) is 3. The Morgan fingerprint density at radius 2 is 1.68 bits per heavy atom. The molecular formula is C28H42ClN7O. The molecule has 1 saturated carbocycles. The van der Waals surface area contributed by atoms with Gasteiger partial charge in [0.15, 0.2) is 0 Å². The standard InChI is InChI=1S/C28H42ClN7O/c29-25-19-26(32-16-6-18-36-17-4-9-27(36)37)35-28(34-25)33-21-23-12-10-22(11-13-23)20-30-14-5-15-31-24-7-2-1-3-8-24/h10-13,19,24,30-31H,1-9,14-18,20-21H2,(H2,32,33,34,35). The first-order valence-corrected chi connectivity index (χ1v) is 14.4. The van der Waals surface area contributed by atoms with E-state index < -0.39 is 0 Å². The van der Waals surface area contributed by atoms with Crippen LogP contribution in [0.15, 0.2) is 30.3 Å². The summed E-state index contributed by atoms with van der Waals surface area (Å²) < 4.78 is 0. The highest BCUT2D eigenvalue weighted by molar-refractivity contribution is 6.29. The topological polar surface area (TPSA) is 94.2 Å². The van der Waals surface area contributed by atoms with Gasteiger partial charge in [0.2, 0.25) is 11.9 Å². The molecule has 37 heavy (non-hydrogen) atoms. The Bertz CT molecular complexity index is 966. The molecule has 0 spiro atoms. The Balaban J connectivity index is 1.11. The van der Waals surface area contributed by atoms with E-state index in [2.05, 4.69) is 55.5 Å². The van der Waals surface area contributed by atoms with Gasteiger partial charge in [0, 0.05) is 51.3 Å². The van der Waals surface area contributed by atoms with E-state index in [0.29, 0.717) is 29.9 Å². The molecule has 4 rings (SSSR count). The van der Waals surface area contributed by atoms with E-state index in [4.69, 9.17) is 11.6 Å². The summed E-state index contributed by atoms with van der Waals surface area (Å²) in [6, 6.07) is 11.1. The summed E-state index contributed by atoms with van der Waals surface area (Å²) in [6.45, 7) is 6.02. The highest BCUT2D eigenvalue weighted by Gasteiger charge is 2.19. The van der Waals surface area contributed by atoms with Gasteiger partial charge in [-0.15, -0.1) is 0 Å². The molecule has 2 heterocycles. The van der Waals surface area contributed by atoms with Crippen LogP contribution in [0.2, 0.25) is 5.15 Å². The Hall–Kier alpha value is -2.42. The first-order valence-electron chi connectivity index (χ1n) is 14.0. The van der Waals surface area contributed by atoms with Gasteiger partial charge in [-0.3, -0.25) is 4.79 Å². The van der Waals surface area contributed by atoms with Crippen LogP contribution in [0, 0.1) is 0 Å². The van der Waals surface area contributed by atoms with Gasteiger partial charge in [-0.25, -0.2) is 4.98 Å². The number of hydrogen-bond donors (Lipinski definition) is 4. The number of hydrogen-bond acceptors (Lipinski definition) is 7. The van der Waals surface area contributed by atoms with Crippen molar-refractivity contribution in [3.8, 4) is 0 Å². The molecule has 9 heteroatoms. The van der Waals surface area contributed by atoms with Crippen LogP contribution in [0.5, 0.6) is 0 Å². The van der Waals surface area contributed by atoms with E-state index >= 15 is 0 Å². The zero-order valence-electron chi connectivity index (χ0n) is 21.9. The Labute approximate surface area is 226 Å². The molecule has 1 saturated heterocycles. The third-order valence-corrected chi connectivity index (χ3v) is 7.34. The summed E-state index contributed by atoms with van der Waals surface area (Å²) in [7, 11) is 0. The summed E-state index contributed by atoms with van der Waals surface area (Å²) in [5.74, 6) is 1.45. The van der Waals surface area contributed by atoms with Crippen LogP contribution < -0.4 is 21.3 Å². The molecule has 0 bridgehead atoms. The first kappa shape index (κ1) is 27.6. The summed E-state index contributed by atoms with van der Waals surface area (Å²) >= 11 is 6.21. The molecule has 1 aromatic heterocycles. The maximum atomic E-state index is 11.7. The minimum Gasteiger partial charge on any atom is -0.370 e. The summed E-state index contributed by atoms with van der Waals surface area (Å²) in [4.78, 5) is 22.5. The van der Waals surface area contributed by atoms with Crippen molar-refractivity contribution in [1.82, 2.24) is 25.5 Å². The molecule has 202 valence electrons. The van der Waals surface area contributed by atoms with Crippen molar-refractivity contribution in [1.29, 1.82) is 0 Å². The normalized spacial score (nSPS) is 16.4. The van der Waals surface area contributed by atoms with Gasteiger partial charge in [-0.05, 0) is 56.3 Å². The molecule has 2 aliphatic rings. The second-order valence-electron chi connectivity index (χ2n) is 10.2. The number of amides is 1. The molecule has 1 aromatic carbocycles. The maximum Gasteiger partial charge on any atom is 0.226 e. The summed E-state index contributed by atoms with van der Waals surface area (Å²) in [6.07, 6.45) is 10.6. The van der Waals surface area contributed by atoms with Gasteiger partial charge < -0.3 is 26.2 Å². The van der Waals surface area contributed by atoms with Crippen molar-refractivity contribution in [3.05, 3.63) is 46.6 Å². The van der Waals surface area contributed by atoms with Crippen LogP contribution >= 0.6 is 11.6 Å². The average Bonchev–Trinajstić information content (AvgIpc) is 3.33. The van der Waals surface area contributed by atoms with Crippen molar-refractivity contribution in [3.63, 3.8) is 0 Å². The van der Waals surface area contributed by atoms with E-state index in [1.165, 1.54) is 37.7 Å². The molecule has 0 unspecified atom stereocenters. The maximum absolute atomic E-state index is 11.7. The van der Waals surface area contributed by atoms with Crippen LogP contribution in [0.1, 0.15) is 68.9 Å². The fourth-order valence-corrected chi connectivity index (χ4v) is 5.21. The van der Waals surface area contributed by atoms with Gasteiger partial charge in [-0.2, -0.15) is 4.98 Å². The van der Waals surface area contributed by atoms with Gasteiger partial charge in [0.25, 0.3) is 0 Å². The Morgan fingerprint density at radius 3 is 2.43 bits per heavy atom. The van der Waals surface area contributed by atoms with Gasteiger partial charge in [0.05, 0.1) is 0 Å². The lowest BCUT2D eigenvalue weighted by Crippen LogP contribution is -2.33. The van der Waals surface area contributed by atoms with Gasteiger partial charge in [-0.1, -0.05) is 55.1 Å². The van der Waals surface area contributed by atoms with Crippen molar-refractivity contribution in [2.75, 3.05) is 43.4 Å². The second-order valence-corrected chi connectivity index (χ2v) is 10.5. The van der Waals surface area contributed by atoms with Crippen LogP contribution in [0.25, 0.3) is 0 Å². The summed E-state index contributed by atoms with van der Waals surface area (Å²) in [5, 5.41) is 14.2. The number of rotatable bonds is 15. The lowest BCUT2D eigenvalue weighted by Gasteiger charge is -2.22. The third kappa shape index (κ3) is 9.76. The molecule has 1 aliphatic carbocycles. The van der Waals surface area contributed by atoms with Crippen LogP contribution in [0.4, 0.5) is 11.8 Å². The molecule has 2 aromatic rings. The molecule has 2 fully saturated rings. The third-order valence-electron chi connectivity index (χ3n) is 7.15. The fourth-order valence-electron chi connectivity index (χ4n) is 5.03. The number of carbonyl (C=O) groups is 1. The van der Waals surface area contributed by atoms with Gasteiger partial charge in [0.1, 0.15) is 11.0 Å². The minimum absolute atomic E-state index is 0.262. The van der Waals surface area contributed by atoms with E-state index in [9.17, 15) is 4.79 Å². The van der Waals surface area contributed by atoms with Crippen molar-refractivity contribution < 1.29 is 4.79 Å².